The zero-order chi connectivity index (χ0) is 55.4. The van der Waals surface area contributed by atoms with Crippen LogP contribution in [0.15, 0.2) is 270 Å². The Morgan fingerprint density at radius 1 is 0.345 bits per heavy atom. The Balaban J connectivity index is 1.01. The SMILES string of the molecule is N#Cc1ccc(N(c2ccc3c(c2)c2cc(N(c4ccc(C#N)cc4)c4cccc5c4oc4ccccc45)cc4c2n3-c2ccccc2C42c3ccc4ccccc4c3-c3c2ccc2ccccc32)c2cccc3c2oc2ccccc23)cc1. The quantitative estimate of drug-likeness (QED) is 0.165. The maximum atomic E-state index is 10.2. The molecule has 13 aromatic carbocycles. The molecule has 16 aromatic rings. The average molecular weight is 1070 g/mol. The van der Waals surface area contributed by atoms with Gasteiger partial charge in [-0.05, 0) is 164 Å². The predicted octanol–water partition coefficient (Wildman–Crippen LogP) is 20.2. The van der Waals surface area contributed by atoms with Crippen LogP contribution in [0.3, 0.4) is 0 Å². The number of aromatic nitrogens is 1. The highest BCUT2D eigenvalue weighted by molar-refractivity contribution is 6.19. The van der Waals surface area contributed by atoms with Crippen molar-refractivity contribution < 1.29 is 8.83 Å². The Kier molecular flexibility index (Phi) is 9.44. The summed E-state index contributed by atoms with van der Waals surface area (Å²) in [5, 5.41) is 31.3. The van der Waals surface area contributed by atoms with Crippen molar-refractivity contribution in [3.63, 3.8) is 0 Å². The molecule has 0 N–H and O–H groups in total. The monoisotopic (exact) mass is 1070 g/mol. The Labute approximate surface area is 481 Å². The van der Waals surface area contributed by atoms with Crippen LogP contribution in [0.25, 0.3) is 104 Å². The van der Waals surface area contributed by atoms with E-state index >= 15 is 0 Å². The van der Waals surface area contributed by atoms with Gasteiger partial charge in [-0.3, -0.25) is 0 Å². The lowest BCUT2D eigenvalue weighted by Gasteiger charge is -2.40. The van der Waals surface area contributed by atoms with E-state index in [-0.39, 0.29) is 0 Å². The van der Waals surface area contributed by atoms with Crippen LogP contribution >= 0.6 is 0 Å². The van der Waals surface area contributed by atoms with E-state index in [9.17, 15) is 10.5 Å². The number of fused-ring (bicyclic) bond motifs is 22. The smallest absolute Gasteiger partial charge is 0.159 e. The lowest BCUT2D eigenvalue weighted by atomic mass is 9.65. The molecule has 0 atom stereocenters. The summed E-state index contributed by atoms with van der Waals surface area (Å²) in [5.74, 6) is 0. The summed E-state index contributed by atoms with van der Waals surface area (Å²) in [6.07, 6.45) is 0. The van der Waals surface area contributed by atoms with Crippen molar-refractivity contribution in [2.24, 2.45) is 0 Å². The first kappa shape index (κ1) is 46.1. The predicted molar refractivity (Wildman–Crippen MR) is 340 cm³/mol. The van der Waals surface area contributed by atoms with Crippen molar-refractivity contribution in [2.75, 3.05) is 9.80 Å². The number of nitrogens with zero attached hydrogens (tertiary/aromatic N) is 5. The van der Waals surface area contributed by atoms with E-state index in [0.29, 0.717) is 11.1 Å². The third-order valence-electron chi connectivity index (χ3n) is 18.0. The third kappa shape index (κ3) is 6.16. The molecular formula is C77H43N5O2. The summed E-state index contributed by atoms with van der Waals surface area (Å²) in [6, 6.07) is 97.4. The van der Waals surface area contributed by atoms with Gasteiger partial charge in [0.25, 0.3) is 0 Å². The molecule has 7 heteroatoms. The van der Waals surface area contributed by atoms with Crippen LogP contribution < -0.4 is 9.80 Å². The minimum Gasteiger partial charge on any atom is -0.454 e. The third-order valence-corrected chi connectivity index (χ3v) is 18.0. The van der Waals surface area contributed by atoms with Gasteiger partial charge < -0.3 is 23.2 Å². The highest BCUT2D eigenvalue weighted by atomic mass is 16.3. The van der Waals surface area contributed by atoms with E-state index in [1.54, 1.807) is 0 Å². The lowest BCUT2D eigenvalue weighted by molar-refractivity contribution is 0.668. The minimum absolute atomic E-state index is 0.570. The zero-order valence-corrected chi connectivity index (χ0v) is 44.9. The van der Waals surface area contributed by atoms with Crippen LogP contribution in [0.5, 0.6) is 0 Å². The van der Waals surface area contributed by atoms with Gasteiger partial charge in [0, 0.05) is 55.1 Å². The maximum Gasteiger partial charge on any atom is 0.159 e. The highest BCUT2D eigenvalue weighted by Crippen LogP contribution is 2.64. The molecule has 0 radical (unpaired) electrons. The molecule has 1 aliphatic carbocycles. The summed E-state index contributed by atoms with van der Waals surface area (Å²) in [6.45, 7) is 0. The van der Waals surface area contributed by atoms with Gasteiger partial charge in [-0.15, -0.1) is 0 Å². The molecule has 3 aromatic heterocycles. The number of anilines is 6. The molecule has 0 saturated heterocycles. The van der Waals surface area contributed by atoms with Crippen molar-refractivity contribution in [2.45, 2.75) is 5.41 Å². The molecule has 7 nitrogen and oxygen atoms in total. The average Bonchev–Trinajstić information content (AvgIpc) is 1.62. The molecule has 84 heavy (non-hydrogen) atoms. The first-order valence-electron chi connectivity index (χ1n) is 28.3. The first-order chi connectivity index (χ1) is 41.6. The van der Waals surface area contributed by atoms with E-state index < -0.39 is 5.41 Å². The number of nitriles is 2. The van der Waals surface area contributed by atoms with Crippen molar-refractivity contribution >= 4 is 121 Å². The number of benzene rings is 13. The van der Waals surface area contributed by atoms with Crippen molar-refractivity contribution in [1.82, 2.24) is 4.57 Å². The first-order valence-corrected chi connectivity index (χ1v) is 28.3. The second-order valence-electron chi connectivity index (χ2n) is 22.1. The van der Waals surface area contributed by atoms with E-state index in [1.807, 2.05) is 60.7 Å². The van der Waals surface area contributed by atoms with Crippen molar-refractivity contribution in [3.05, 3.63) is 294 Å². The fourth-order valence-electron chi connectivity index (χ4n) is 14.5. The zero-order valence-electron chi connectivity index (χ0n) is 44.9. The standard InChI is InChI=1S/C77H43N5O2/c78-44-46-27-33-50(34-28-46)80(68-23-11-19-58-56-17-5-9-25-70(56)83-75(58)68)52-37-40-66-60(41-52)61-42-53(81(51-35-29-47(45-79)30-36-51)69-24-12-20-59-57-18-6-10-26-71(57)84-76(59)69)43-65-74(61)82(66)67-22-8-7-21-62(67)77(65)63-38-31-48-13-1-3-15-54(48)72(63)73-55-16-4-2-14-49(55)32-39-64(73)77/h1-43H. The molecule has 4 heterocycles. The molecule has 1 spiro atoms. The molecule has 2 aliphatic rings. The van der Waals surface area contributed by atoms with Crippen LogP contribution in [0.4, 0.5) is 34.1 Å². The fourth-order valence-corrected chi connectivity index (χ4v) is 14.5. The summed E-state index contributed by atoms with van der Waals surface area (Å²) in [4.78, 5) is 4.59. The number of hydrogen-bond donors (Lipinski definition) is 0. The molecule has 1 aliphatic heterocycles. The van der Waals surface area contributed by atoms with Crippen molar-refractivity contribution in [1.29, 1.82) is 10.5 Å². The Morgan fingerprint density at radius 3 is 1.39 bits per heavy atom. The highest BCUT2D eigenvalue weighted by Gasteiger charge is 2.52. The molecule has 18 rings (SSSR count). The number of para-hydroxylation sites is 5. The van der Waals surface area contributed by atoms with Gasteiger partial charge in [0.15, 0.2) is 11.2 Å². The lowest BCUT2D eigenvalue weighted by Crippen LogP contribution is -2.33. The molecule has 0 saturated carbocycles. The topological polar surface area (TPSA) is 85.3 Å². The van der Waals surface area contributed by atoms with Gasteiger partial charge in [0.1, 0.15) is 11.2 Å². The molecule has 0 fully saturated rings. The van der Waals surface area contributed by atoms with Gasteiger partial charge in [0.05, 0.1) is 56.8 Å². The summed E-state index contributed by atoms with van der Waals surface area (Å²) < 4.78 is 16.3. The van der Waals surface area contributed by atoms with E-state index in [4.69, 9.17) is 8.83 Å². The second-order valence-corrected chi connectivity index (χ2v) is 22.1. The van der Waals surface area contributed by atoms with Crippen LogP contribution in [-0.4, -0.2) is 4.57 Å². The van der Waals surface area contributed by atoms with Gasteiger partial charge in [-0.2, -0.15) is 10.5 Å². The van der Waals surface area contributed by atoms with E-state index in [1.165, 1.54) is 49.4 Å². The normalized spacial score (nSPS) is 12.8. The van der Waals surface area contributed by atoms with Crippen LogP contribution in [0.1, 0.15) is 33.4 Å². The van der Waals surface area contributed by atoms with Gasteiger partial charge in [0.2, 0.25) is 0 Å². The molecule has 0 amide bonds. The summed E-state index contributed by atoms with van der Waals surface area (Å²) in [7, 11) is 0. The largest absolute Gasteiger partial charge is 0.454 e. The van der Waals surface area contributed by atoms with Crippen LogP contribution in [-0.2, 0) is 5.41 Å². The number of furan rings is 2. The second kappa shape index (κ2) is 17.2. The Bertz CT molecular complexity index is 5530. The number of hydrogen-bond acceptors (Lipinski definition) is 6. The summed E-state index contributed by atoms with van der Waals surface area (Å²) in [5.41, 5.74) is 19.3. The number of rotatable bonds is 6. The molecule has 0 unspecified atom stereocenters. The molecule has 0 bridgehead atoms. The van der Waals surface area contributed by atoms with Crippen LogP contribution in [0, 0.1) is 22.7 Å². The fraction of sp³-hybridized carbons (Fsp3) is 0.0130. The van der Waals surface area contributed by atoms with Gasteiger partial charge in [-0.1, -0.05) is 152 Å². The molecule has 388 valence electrons. The van der Waals surface area contributed by atoms with Crippen molar-refractivity contribution in [3.8, 4) is 29.0 Å². The Morgan fingerprint density at radius 2 is 0.821 bits per heavy atom. The summed E-state index contributed by atoms with van der Waals surface area (Å²) >= 11 is 0. The Hall–Kier alpha value is -11.6. The van der Waals surface area contributed by atoms with E-state index in [2.05, 4.69) is 227 Å². The van der Waals surface area contributed by atoms with Gasteiger partial charge >= 0.3 is 0 Å². The van der Waals surface area contributed by atoms with Gasteiger partial charge in [-0.25, -0.2) is 0 Å². The maximum absolute atomic E-state index is 10.2. The van der Waals surface area contributed by atoms with E-state index in [0.717, 1.165) is 111 Å². The molecular weight excluding hydrogens is 1030 g/mol. The van der Waals surface area contributed by atoms with Crippen LogP contribution in [0.2, 0.25) is 0 Å². The minimum atomic E-state index is -0.829.